The lowest BCUT2D eigenvalue weighted by Crippen LogP contribution is -2.43. The van der Waals surface area contributed by atoms with Crippen molar-refractivity contribution in [2.75, 3.05) is 11.9 Å². The molecule has 5 heteroatoms. The van der Waals surface area contributed by atoms with E-state index in [-0.39, 0.29) is 11.8 Å². The van der Waals surface area contributed by atoms with Crippen molar-refractivity contribution in [1.29, 1.82) is 0 Å². The van der Waals surface area contributed by atoms with Gasteiger partial charge in [0.05, 0.1) is 5.52 Å². The number of carbonyl (C=O) groups is 2. The van der Waals surface area contributed by atoms with Crippen LogP contribution in [0.15, 0.2) is 60.7 Å². The minimum atomic E-state index is -0.405. The predicted octanol–water partition coefficient (Wildman–Crippen LogP) is 5.41. The Morgan fingerprint density at radius 3 is 2.50 bits per heavy atom. The van der Waals surface area contributed by atoms with Gasteiger partial charge in [0.25, 0.3) is 0 Å². The topological polar surface area (TPSA) is 62.3 Å². The molecule has 1 unspecified atom stereocenters. The molecule has 2 aromatic carbocycles. The molecule has 2 aliphatic rings. The molecule has 0 radical (unpaired) electrons. The highest BCUT2D eigenvalue weighted by Gasteiger charge is 2.35. The zero-order chi connectivity index (χ0) is 21.9. The average molecular weight is 428 g/mol. The van der Waals surface area contributed by atoms with E-state index < -0.39 is 6.04 Å². The largest absolute Gasteiger partial charge is 0.331 e. The van der Waals surface area contributed by atoms with Crippen molar-refractivity contribution in [3.05, 3.63) is 60.7 Å². The highest BCUT2D eigenvalue weighted by molar-refractivity contribution is 6.01. The van der Waals surface area contributed by atoms with Gasteiger partial charge < -0.3 is 10.2 Å². The fraction of sp³-hybridized carbons (Fsp3) is 0.370. The summed E-state index contributed by atoms with van der Waals surface area (Å²) in [5.74, 6) is 1.01. The molecule has 3 aromatic rings. The summed E-state index contributed by atoms with van der Waals surface area (Å²) in [7, 11) is 0. The van der Waals surface area contributed by atoms with Gasteiger partial charge in [-0.15, -0.1) is 0 Å². The van der Waals surface area contributed by atoms with Crippen molar-refractivity contribution in [1.82, 2.24) is 9.88 Å². The lowest BCUT2D eigenvalue weighted by Gasteiger charge is -2.25. The van der Waals surface area contributed by atoms with Crippen LogP contribution in [0.3, 0.4) is 0 Å². The van der Waals surface area contributed by atoms with Crippen LogP contribution in [0.25, 0.3) is 22.0 Å². The van der Waals surface area contributed by atoms with Crippen LogP contribution >= 0.6 is 0 Å². The van der Waals surface area contributed by atoms with Gasteiger partial charge in [-0.3, -0.25) is 9.59 Å². The van der Waals surface area contributed by atoms with Crippen molar-refractivity contribution >= 4 is 28.5 Å². The normalized spacial score (nSPS) is 18.9. The summed E-state index contributed by atoms with van der Waals surface area (Å²) in [6.45, 7) is 0.671. The van der Waals surface area contributed by atoms with E-state index >= 15 is 0 Å². The predicted molar refractivity (Wildman–Crippen MR) is 127 cm³/mol. The molecule has 0 spiro atoms. The van der Waals surface area contributed by atoms with Crippen molar-refractivity contribution in [3.63, 3.8) is 0 Å². The highest BCUT2D eigenvalue weighted by atomic mass is 16.2. The number of benzene rings is 2. The minimum Gasteiger partial charge on any atom is -0.331 e. The smallest absolute Gasteiger partial charge is 0.248 e. The van der Waals surface area contributed by atoms with Crippen molar-refractivity contribution < 1.29 is 9.59 Å². The molecule has 1 atom stereocenters. The van der Waals surface area contributed by atoms with Crippen LogP contribution in [0, 0.1) is 5.92 Å². The molecule has 2 fully saturated rings. The number of fused-ring (bicyclic) bond motifs is 1. The lowest BCUT2D eigenvalue weighted by atomic mass is 10.0. The van der Waals surface area contributed by atoms with Crippen molar-refractivity contribution in [2.45, 2.75) is 51.0 Å². The molecule has 1 aliphatic carbocycles. The summed E-state index contributed by atoms with van der Waals surface area (Å²) < 4.78 is 0. The van der Waals surface area contributed by atoms with Gasteiger partial charge in [-0.05, 0) is 54.9 Å². The second-order valence-electron chi connectivity index (χ2n) is 9.03. The number of para-hydroxylation sites is 1. The van der Waals surface area contributed by atoms with Crippen LogP contribution in [-0.2, 0) is 9.59 Å². The maximum atomic E-state index is 13.2. The molecule has 2 amide bonds. The highest BCUT2D eigenvalue weighted by Crippen LogP contribution is 2.32. The first-order valence-electron chi connectivity index (χ1n) is 11.7. The molecule has 0 bridgehead atoms. The van der Waals surface area contributed by atoms with Gasteiger partial charge in [0.1, 0.15) is 11.9 Å². The molecule has 1 saturated carbocycles. The molecule has 1 aliphatic heterocycles. The third kappa shape index (κ3) is 4.24. The minimum absolute atomic E-state index is 0.131. The molecular formula is C27H29N3O2. The molecule has 164 valence electrons. The summed E-state index contributed by atoms with van der Waals surface area (Å²) in [6.07, 6.45) is 6.88. The number of hydrogen-bond donors (Lipinski definition) is 1. The van der Waals surface area contributed by atoms with Gasteiger partial charge in [0.2, 0.25) is 11.8 Å². The number of nitrogens with zero attached hydrogens (tertiary/aromatic N) is 2. The summed E-state index contributed by atoms with van der Waals surface area (Å²) in [5.41, 5.74) is 2.95. The Bertz CT molecular complexity index is 1120. The molecule has 32 heavy (non-hydrogen) atoms. The molecule has 5 rings (SSSR count). The van der Waals surface area contributed by atoms with Gasteiger partial charge >= 0.3 is 0 Å². The molecule has 1 saturated heterocycles. The maximum absolute atomic E-state index is 13.2. The number of likely N-dealkylation sites (tertiary alicyclic amines) is 1. The quantitative estimate of drug-likeness (QED) is 0.592. The third-order valence-corrected chi connectivity index (χ3v) is 6.87. The first-order valence-corrected chi connectivity index (χ1v) is 11.7. The Balaban J connectivity index is 1.38. The SMILES string of the molecule is O=C(Nc1cc(-c2ccccc2)c2ccccc2n1)C1CCCN1C(=O)CC1CCCC1. The fourth-order valence-electron chi connectivity index (χ4n) is 5.22. The van der Waals surface area contributed by atoms with Crippen molar-refractivity contribution in [3.8, 4) is 11.1 Å². The van der Waals surface area contributed by atoms with Crippen molar-refractivity contribution in [2.24, 2.45) is 5.92 Å². The number of aromatic nitrogens is 1. The van der Waals surface area contributed by atoms with Gasteiger partial charge in [0, 0.05) is 18.4 Å². The number of anilines is 1. The van der Waals surface area contributed by atoms with E-state index in [0.29, 0.717) is 31.1 Å². The van der Waals surface area contributed by atoms with Gasteiger partial charge in [0.15, 0.2) is 0 Å². The Labute approximate surface area is 188 Å². The fourth-order valence-corrected chi connectivity index (χ4v) is 5.22. The summed E-state index contributed by atoms with van der Waals surface area (Å²) in [6, 6.07) is 19.6. The number of carbonyl (C=O) groups excluding carboxylic acids is 2. The van der Waals surface area contributed by atoms with Crippen LogP contribution in [0.5, 0.6) is 0 Å². The number of hydrogen-bond acceptors (Lipinski definition) is 3. The zero-order valence-electron chi connectivity index (χ0n) is 18.3. The molecular weight excluding hydrogens is 398 g/mol. The van der Waals surface area contributed by atoms with Gasteiger partial charge in [-0.2, -0.15) is 0 Å². The number of amides is 2. The van der Waals surface area contributed by atoms with Crippen LogP contribution in [0.2, 0.25) is 0 Å². The van der Waals surface area contributed by atoms with E-state index in [9.17, 15) is 9.59 Å². The molecule has 1 aromatic heterocycles. The van der Waals surface area contributed by atoms with Gasteiger partial charge in [-0.25, -0.2) is 4.98 Å². The first kappa shape index (κ1) is 20.7. The van der Waals surface area contributed by atoms with E-state index in [1.54, 1.807) is 4.90 Å². The standard InChI is InChI=1S/C27H29N3O2/c31-26(17-19-9-4-5-10-19)30-16-8-15-24(30)27(32)29-25-18-22(20-11-2-1-3-12-20)21-13-6-7-14-23(21)28-25/h1-3,6-7,11-14,18-19,24H,4-5,8-10,15-17H2,(H,28,29,32). The lowest BCUT2D eigenvalue weighted by molar-refractivity contribution is -0.137. The molecule has 5 nitrogen and oxygen atoms in total. The Morgan fingerprint density at radius 1 is 0.938 bits per heavy atom. The van der Waals surface area contributed by atoms with Crippen LogP contribution < -0.4 is 5.32 Å². The average Bonchev–Trinajstić information content (AvgIpc) is 3.51. The van der Waals surface area contributed by atoms with E-state index in [1.807, 2.05) is 42.5 Å². The number of nitrogens with one attached hydrogen (secondary N) is 1. The van der Waals surface area contributed by atoms with E-state index in [0.717, 1.165) is 41.3 Å². The van der Waals surface area contributed by atoms with Crippen LogP contribution in [-0.4, -0.2) is 34.3 Å². The maximum Gasteiger partial charge on any atom is 0.248 e. The summed E-state index contributed by atoms with van der Waals surface area (Å²) in [4.78, 5) is 32.6. The summed E-state index contributed by atoms with van der Waals surface area (Å²) in [5, 5.41) is 4.07. The molecule has 2 heterocycles. The second kappa shape index (κ2) is 9.11. The van der Waals surface area contributed by atoms with Gasteiger partial charge in [-0.1, -0.05) is 61.4 Å². The van der Waals surface area contributed by atoms with E-state index in [1.165, 1.54) is 12.8 Å². The van der Waals surface area contributed by atoms with Crippen LogP contribution in [0.4, 0.5) is 5.82 Å². The first-order chi connectivity index (χ1) is 15.7. The molecule has 1 N–H and O–H groups in total. The second-order valence-corrected chi connectivity index (χ2v) is 9.03. The zero-order valence-corrected chi connectivity index (χ0v) is 18.3. The number of rotatable bonds is 5. The van der Waals surface area contributed by atoms with E-state index in [2.05, 4.69) is 23.5 Å². The monoisotopic (exact) mass is 427 g/mol. The van der Waals surface area contributed by atoms with E-state index in [4.69, 9.17) is 4.98 Å². The Hall–Kier alpha value is -3.21. The van der Waals surface area contributed by atoms with Crippen LogP contribution in [0.1, 0.15) is 44.9 Å². The Morgan fingerprint density at radius 2 is 1.69 bits per heavy atom. The summed E-state index contributed by atoms with van der Waals surface area (Å²) >= 11 is 0. The Kier molecular flexibility index (Phi) is 5.89. The number of pyridine rings is 1. The third-order valence-electron chi connectivity index (χ3n) is 6.87.